The summed E-state index contributed by atoms with van der Waals surface area (Å²) in [5.41, 5.74) is 5.42. The van der Waals surface area contributed by atoms with E-state index in [-0.39, 0.29) is 24.5 Å². The fraction of sp³-hybridized carbons (Fsp3) is 0.263. The van der Waals surface area contributed by atoms with E-state index in [9.17, 15) is 18.0 Å². The highest BCUT2D eigenvalue weighted by Crippen LogP contribution is 2.30. The van der Waals surface area contributed by atoms with E-state index in [2.05, 4.69) is 15.6 Å². The summed E-state index contributed by atoms with van der Waals surface area (Å²) in [5.74, 6) is -0.146. The molecule has 154 valence electrons. The lowest BCUT2D eigenvalue weighted by Crippen LogP contribution is -2.51. The highest BCUT2D eigenvalue weighted by molar-refractivity contribution is 7.89. The second-order valence-corrected chi connectivity index (χ2v) is 8.13. The van der Waals surface area contributed by atoms with Crippen LogP contribution >= 0.6 is 0 Å². The first-order valence-electron chi connectivity index (χ1n) is 8.89. The number of hydrogen-bond donors (Lipinski definition) is 3. The Morgan fingerprint density at radius 2 is 1.72 bits per heavy atom. The van der Waals surface area contributed by atoms with Gasteiger partial charge in [-0.1, -0.05) is 29.8 Å². The Hall–Kier alpha value is -3.11. The number of nitrogens with one attached hydrogen (secondary N) is 3. The van der Waals surface area contributed by atoms with Crippen molar-refractivity contribution in [2.24, 2.45) is 0 Å². The number of para-hydroxylation sites is 2. The standard InChI is InChI=1S/C19H21N3O6S/c1-13-6-8-14(9-7-13)29(25,26)20-11-10-18(23)21-22-19(24)17-12-27-15-4-2-3-5-16(15)28-17/h2-9,17,20H,10-12H2,1H3,(H,21,23)(H,22,24)/t17-/m0/s1. The zero-order valence-electron chi connectivity index (χ0n) is 15.7. The van der Waals surface area contributed by atoms with E-state index in [1.54, 1.807) is 36.4 Å². The van der Waals surface area contributed by atoms with Gasteiger partial charge in [0.2, 0.25) is 22.0 Å². The van der Waals surface area contributed by atoms with Crippen molar-refractivity contribution >= 4 is 21.8 Å². The van der Waals surface area contributed by atoms with E-state index < -0.39 is 27.9 Å². The van der Waals surface area contributed by atoms with E-state index in [4.69, 9.17) is 9.47 Å². The van der Waals surface area contributed by atoms with Gasteiger partial charge in [-0.15, -0.1) is 0 Å². The van der Waals surface area contributed by atoms with Gasteiger partial charge in [0.05, 0.1) is 4.90 Å². The average molecular weight is 419 g/mol. The second kappa shape index (κ2) is 8.93. The monoisotopic (exact) mass is 419 g/mol. The number of carbonyl (C=O) groups excluding carboxylic acids is 2. The molecule has 0 aliphatic carbocycles. The molecule has 1 aliphatic rings. The average Bonchev–Trinajstić information content (AvgIpc) is 2.72. The lowest BCUT2D eigenvalue weighted by molar-refractivity contribution is -0.135. The van der Waals surface area contributed by atoms with Gasteiger partial charge in [0.25, 0.3) is 5.91 Å². The first-order valence-corrected chi connectivity index (χ1v) is 10.4. The third-order valence-corrected chi connectivity index (χ3v) is 5.58. The molecule has 1 atom stereocenters. The molecule has 0 unspecified atom stereocenters. The van der Waals surface area contributed by atoms with Gasteiger partial charge >= 0.3 is 0 Å². The van der Waals surface area contributed by atoms with Crippen LogP contribution in [0.1, 0.15) is 12.0 Å². The number of fused-ring (bicyclic) bond motifs is 1. The van der Waals surface area contributed by atoms with Crippen molar-refractivity contribution in [1.29, 1.82) is 0 Å². The van der Waals surface area contributed by atoms with E-state index in [0.29, 0.717) is 11.5 Å². The highest BCUT2D eigenvalue weighted by atomic mass is 32.2. The molecule has 2 amide bonds. The molecule has 0 spiro atoms. The van der Waals surface area contributed by atoms with Crippen molar-refractivity contribution < 1.29 is 27.5 Å². The Morgan fingerprint density at radius 1 is 1.03 bits per heavy atom. The molecule has 2 aromatic carbocycles. The van der Waals surface area contributed by atoms with Crippen LogP contribution < -0.4 is 25.0 Å². The normalized spacial score (nSPS) is 15.4. The predicted octanol–water partition coefficient (Wildman–Crippen LogP) is 0.651. The lowest BCUT2D eigenvalue weighted by Gasteiger charge is -2.25. The van der Waals surface area contributed by atoms with Crippen LogP contribution in [0.2, 0.25) is 0 Å². The molecule has 1 aliphatic heterocycles. The van der Waals surface area contributed by atoms with Crippen molar-refractivity contribution in [2.75, 3.05) is 13.2 Å². The molecular formula is C19H21N3O6S. The fourth-order valence-corrected chi connectivity index (χ4v) is 3.55. The summed E-state index contributed by atoms with van der Waals surface area (Å²) in [5, 5.41) is 0. The molecule has 0 fully saturated rings. The van der Waals surface area contributed by atoms with Crippen LogP contribution in [0.15, 0.2) is 53.4 Å². The van der Waals surface area contributed by atoms with Crippen LogP contribution in [0.25, 0.3) is 0 Å². The number of carbonyl (C=O) groups is 2. The Labute approximate surface area is 168 Å². The van der Waals surface area contributed by atoms with Gasteiger partial charge in [0, 0.05) is 13.0 Å². The van der Waals surface area contributed by atoms with Gasteiger partial charge in [0.15, 0.2) is 11.5 Å². The Morgan fingerprint density at radius 3 is 2.45 bits per heavy atom. The topological polar surface area (TPSA) is 123 Å². The second-order valence-electron chi connectivity index (χ2n) is 6.36. The van der Waals surface area contributed by atoms with Gasteiger partial charge in [0.1, 0.15) is 6.61 Å². The number of rotatable bonds is 6. The number of amides is 2. The van der Waals surface area contributed by atoms with E-state index in [0.717, 1.165) is 5.56 Å². The maximum absolute atomic E-state index is 12.2. The van der Waals surface area contributed by atoms with E-state index >= 15 is 0 Å². The maximum Gasteiger partial charge on any atom is 0.283 e. The van der Waals surface area contributed by atoms with Crippen LogP contribution in [0.3, 0.4) is 0 Å². The zero-order valence-corrected chi connectivity index (χ0v) is 16.5. The summed E-state index contributed by atoms with van der Waals surface area (Å²) < 4.78 is 37.6. The number of benzene rings is 2. The third-order valence-electron chi connectivity index (χ3n) is 4.10. The molecule has 10 heteroatoms. The zero-order chi connectivity index (χ0) is 20.9. The number of hydrogen-bond acceptors (Lipinski definition) is 6. The molecular weight excluding hydrogens is 398 g/mol. The van der Waals surface area contributed by atoms with Crippen molar-refractivity contribution in [3.63, 3.8) is 0 Å². The van der Waals surface area contributed by atoms with Crippen molar-refractivity contribution in [1.82, 2.24) is 15.6 Å². The fourth-order valence-electron chi connectivity index (χ4n) is 2.52. The highest BCUT2D eigenvalue weighted by Gasteiger charge is 2.27. The number of aryl methyl sites for hydroxylation is 1. The van der Waals surface area contributed by atoms with Crippen molar-refractivity contribution in [2.45, 2.75) is 24.3 Å². The van der Waals surface area contributed by atoms with Gasteiger partial charge < -0.3 is 9.47 Å². The van der Waals surface area contributed by atoms with Crippen LogP contribution in [-0.2, 0) is 19.6 Å². The molecule has 0 saturated heterocycles. The van der Waals surface area contributed by atoms with Gasteiger partial charge in [-0.05, 0) is 31.2 Å². The molecule has 0 radical (unpaired) electrons. The molecule has 1 heterocycles. The smallest absolute Gasteiger partial charge is 0.283 e. The largest absolute Gasteiger partial charge is 0.485 e. The molecule has 3 N–H and O–H groups in total. The minimum Gasteiger partial charge on any atom is -0.485 e. The predicted molar refractivity (Wildman–Crippen MR) is 104 cm³/mol. The molecule has 0 bridgehead atoms. The number of hydrazine groups is 1. The molecule has 29 heavy (non-hydrogen) atoms. The molecule has 0 aromatic heterocycles. The molecule has 3 rings (SSSR count). The number of ether oxygens (including phenoxy) is 2. The van der Waals surface area contributed by atoms with Crippen LogP contribution in [0.5, 0.6) is 11.5 Å². The van der Waals surface area contributed by atoms with Gasteiger partial charge in [-0.25, -0.2) is 13.1 Å². The van der Waals surface area contributed by atoms with E-state index in [1.165, 1.54) is 12.1 Å². The first kappa shape index (κ1) is 20.6. The first-order chi connectivity index (χ1) is 13.8. The van der Waals surface area contributed by atoms with Gasteiger partial charge in [-0.3, -0.25) is 20.4 Å². The Bertz CT molecular complexity index is 991. The summed E-state index contributed by atoms with van der Waals surface area (Å²) in [7, 11) is -3.70. The van der Waals surface area contributed by atoms with Crippen molar-refractivity contribution in [3.8, 4) is 11.5 Å². The lowest BCUT2D eigenvalue weighted by atomic mass is 10.2. The molecule has 0 saturated carbocycles. The van der Waals surface area contributed by atoms with Crippen LogP contribution in [0.4, 0.5) is 0 Å². The molecule has 2 aromatic rings. The Balaban J connectivity index is 1.41. The summed E-state index contributed by atoms with van der Waals surface area (Å²) in [4.78, 5) is 24.1. The number of sulfonamides is 1. The maximum atomic E-state index is 12.2. The third kappa shape index (κ3) is 5.46. The minimum atomic E-state index is -3.70. The SMILES string of the molecule is Cc1ccc(S(=O)(=O)NCCC(=O)NNC(=O)[C@@H]2COc3ccccc3O2)cc1. The summed E-state index contributed by atoms with van der Waals surface area (Å²) >= 11 is 0. The van der Waals surface area contributed by atoms with Crippen LogP contribution in [0, 0.1) is 6.92 Å². The summed E-state index contributed by atoms with van der Waals surface area (Å²) in [6.07, 6.45) is -1.07. The Kier molecular flexibility index (Phi) is 6.35. The summed E-state index contributed by atoms with van der Waals surface area (Å²) in [6.45, 7) is 1.75. The summed E-state index contributed by atoms with van der Waals surface area (Å²) in [6, 6.07) is 13.3. The van der Waals surface area contributed by atoms with Crippen LogP contribution in [-0.4, -0.2) is 39.5 Å². The van der Waals surface area contributed by atoms with Crippen molar-refractivity contribution in [3.05, 3.63) is 54.1 Å². The quantitative estimate of drug-likeness (QED) is 0.591. The molecule has 9 nitrogen and oxygen atoms in total. The van der Waals surface area contributed by atoms with E-state index in [1.807, 2.05) is 6.92 Å². The minimum absolute atomic E-state index is 0.00899. The van der Waals surface area contributed by atoms with Gasteiger partial charge in [-0.2, -0.15) is 0 Å².